The number of aryl methyl sites for hydroxylation is 1. The molecule has 0 aliphatic rings. The maximum absolute atomic E-state index is 13.6. The van der Waals surface area contributed by atoms with Crippen LogP contribution in [0.4, 0.5) is 10.1 Å². The van der Waals surface area contributed by atoms with Gasteiger partial charge in [0.25, 0.3) is 0 Å². The molecule has 3 aromatic rings. The lowest BCUT2D eigenvalue weighted by Crippen LogP contribution is -1.94. The summed E-state index contributed by atoms with van der Waals surface area (Å²) in [6.07, 6.45) is 1.66. The lowest BCUT2D eigenvalue weighted by molar-refractivity contribution is -0.387. The van der Waals surface area contributed by atoms with Gasteiger partial charge in [-0.05, 0) is 12.1 Å². The molecule has 0 fully saturated rings. The van der Waals surface area contributed by atoms with Crippen molar-refractivity contribution in [2.45, 2.75) is 0 Å². The van der Waals surface area contributed by atoms with Crippen molar-refractivity contribution in [3.8, 4) is 11.5 Å². The van der Waals surface area contributed by atoms with Crippen LogP contribution in [0.1, 0.15) is 0 Å². The van der Waals surface area contributed by atoms with E-state index >= 15 is 0 Å². The third-order valence-corrected chi connectivity index (χ3v) is 3.42. The van der Waals surface area contributed by atoms with Crippen molar-refractivity contribution in [2.75, 3.05) is 0 Å². The van der Waals surface area contributed by atoms with E-state index in [1.165, 1.54) is 0 Å². The number of rotatable bonds is 3. The van der Waals surface area contributed by atoms with Crippen molar-refractivity contribution in [3.63, 3.8) is 0 Å². The molecule has 6 nitrogen and oxygen atoms in total. The first-order chi connectivity index (χ1) is 10.5. The maximum Gasteiger partial charge on any atom is 0.306 e. The molecule has 0 aliphatic heterocycles. The Labute approximate surface area is 128 Å². The first kappa shape index (κ1) is 14.3. The molecule has 0 bridgehead atoms. The van der Waals surface area contributed by atoms with Crippen LogP contribution >= 0.6 is 11.6 Å². The Hall–Kier alpha value is -2.67. The minimum Gasteiger partial charge on any atom is -0.456 e. The maximum atomic E-state index is 13.6. The zero-order valence-electron chi connectivity index (χ0n) is 11.3. The Morgan fingerprint density at radius 1 is 1.36 bits per heavy atom. The summed E-state index contributed by atoms with van der Waals surface area (Å²) in [5.41, 5.74) is 0.921. The fraction of sp³-hybridized carbons (Fsp3) is 0.0714. The van der Waals surface area contributed by atoms with Gasteiger partial charge in [-0.15, -0.1) is 0 Å². The summed E-state index contributed by atoms with van der Waals surface area (Å²) < 4.78 is 21.0. The fourth-order valence-electron chi connectivity index (χ4n) is 2.04. The summed E-state index contributed by atoms with van der Waals surface area (Å²) in [5.74, 6) is -0.607. The van der Waals surface area contributed by atoms with Crippen LogP contribution in [0, 0.1) is 15.9 Å². The average Bonchev–Trinajstić information content (AvgIpc) is 2.83. The summed E-state index contributed by atoms with van der Waals surface area (Å²) in [4.78, 5) is 14.0. The van der Waals surface area contributed by atoms with Crippen LogP contribution in [0.3, 0.4) is 0 Å². The molecular formula is C14H9ClFN3O3. The van der Waals surface area contributed by atoms with Crippen molar-refractivity contribution >= 4 is 28.3 Å². The van der Waals surface area contributed by atoms with Crippen molar-refractivity contribution < 1.29 is 14.1 Å². The van der Waals surface area contributed by atoms with Gasteiger partial charge >= 0.3 is 5.69 Å². The van der Waals surface area contributed by atoms with Crippen LogP contribution in [0.15, 0.2) is 36.7 Å². The molecule has 1 aromatic heterocycles. The molecule has 0 unspecified atom stereocenters. The molecule has 8 heteroatoms. The number of fused-ring (bicyclic) bond motifs is 1. The second-order valence-corrected chi connectivity index (χ2v) is 5.01. The van der Waals surface area contributed by atoms with Gasteiger partial charge in [0.1, 0.15) is 11.5 Å². The summed E-state index contributed by atoms with van der Waals surface area (Å²) in [6, 6.07) is 6.96. The summed E-state index contributed by atoms with van der Waals surface area (Å²) in [5, 5.41) is 10.6. The molecule has 22 heavy (non-hydrogen) atoms. The number of hydrogen-bond acceptors (Lipinski definition) is 4. The van der Waals surface area contributed by atoms with Crippen LogP contribution in [-0.4, -0.2) is 14.5 Å². The number of halogens is 2. The molecule has 1 heterocycles. The van der Waals surface area contributed by atoms with E-state index in [-0.39, 0.29) is 10.8 Å². The molecule has 0 saturated heterocycles. The SMILES string of the molecule is Cn1cnc2cc(Oc3cc(F)c([N+](=O)[O-])cc3Cl)ccc21. The van der Waals surface area contributed by atoms with Crippen molar-refractivity contribution in [3.05, 3.63) is 57.6 Å². The van der Waals surface area contributed by atoms with Crippen LogP contribution in [0.2, 0.25) is 5.02 Å². The zero-order valence-corrected chi connectivity index (χ0v) is 12.0. The lowest BCUT2D eigenvalue weighted by atomic mass is 10.2. The predicted molar refractivity (Wildman–Crippen MR) is 78.9 cm³/mol. The number of nitro groups is 1. The molecule has 0 saturated carbocycles. The molecule has 112 valence electrons. The number of ether oxygens (including phenoxy) is 1. The number of aromatic nitrogens is 2. The number of imidazole rings is 1. The minimum absolute atomic E-state index is 0.0000442. The molecule has 0 N–H and O–H groups in total. The summed E-state index contributed by atoms with van der Waals surface area (Å²) >= 11 is 5.90. The highest BCUT2D eigenvalue weighted by Gasteiger charge is 2.18. The van der Waals surface area contributed by atoms with Gasteiger partial charge in [0.15, 0.2) is 0 Å². The van der Waals surface area contributed by atoms with Gasteiger partial charge < -0.3 is 9.30 Å². The summed E-state index contributed by atoms with van der Waals surface area (Å²) in [6.45, 7) is 0. The normalized spacial score (nSPS) is 10.9. The Morgan fingerprint density at radius 2 is 2.14 bits per heavy atom. The zero-order chi connectivity index (χ0) is 15.9. The van der Waals surface area contributed by atoms with Gasteiger partial charge in [-0.3, -0.25) is 10.1 Å². The van der Waals surface area contributed by atoms with Gasteiger partial charge in [-0.25, -0.2) is 4.98 Å². The molecule has 0 atom stereocenters. The third-order valence-electron chi connectivity index (χ3n) is 3.12. The number of benzene rings is 2. The highest BCUT2D eigenvalue weighted by Crippen LogP contribution is 2.35. The molecule has 3 rings (SSSR count). The van der Waals surface area contributed by atoms with E-state index in [1.807, 2.05) is 11.6 Å². The van der Waals surface area contributed by atoms with Gasteiger partial charge in [-0.2, -0.15) is 4.39 Å². The van der Waals surface area contributed by atoms with E-state index in [4.69, 9.17) is 16.3 Å². The first-order valence-electron chi connectivity index (χ1n) is 6.18. The fourth-order valence-corrected chi connectivity index (χ4v) is 2.24. The molecule has 2 aromatic carbocycles. The van der Waals surface area contributed by atoms with E-state index in [0.717, 1.165) is 17.6 Å². The number of hydrogen-bond donors (Lipinski definition) is 0. The lowest BCUT2D eigenvalue weighted by Gasteiger charge is -2.08. The standard InChI is InChI=1S/C14H9ClFN3O3/c1-18-7-17-11-4-8(2-3-12(11)18)22-14-6-10(16)13(19(20)21)5-9(14)15/h2-7H,1H3. The second-order valence-electron chi connectivity index (χ2n) is 4.60. The third kappa shape index (κ3) is 2.46. The number of nitrogens with zero attached hydrogens (tertiary/aromatic N) is 3. The summed E-state index contributed by atoms with van der Waals surface area (Å²) in [7, 11) is 1.86. The quantitative estimate of drug-likeness (QED) is 0.538. The highest BCUT2D eigenvalue weighted by atomic mass is 35.5. The molecule has 0 amide bonds. The largest absolute Gasteiger partial charge is 0.456 e. The van der Waals surface area contributed by atoms with E-state index in [0.29, 0.717) is 11.3 Å². The van der Waals surface area contributed by atoms with Crippen molar-refractivity contribution in [1.29, 1.82) is 0 Å². The van der Waals surface area contributed by atoms with Gasteiger partial charge in [0.05, 0.1) is 27.3 Å². The Kier molecular flexibility index (Phi) is 3.42. The van der Waals surface area contributed by atoms with Gasteiger partial charge in [-0.1, -0.05) is 11.6 Å². The van der Waals surface area contributed by atoms with Crippen molar-refractivity contribution in [1.82, 2.24) is 9.55 Å². The smallest absolute Gasteiger partial charge is 0.306 e. The second kappa shape index (κ2) is 5.27. The molecule has 0 radical (unpaired) electrons. The van der Waals surface area contributed by atoms with Crippen LogP contribution < -0.4 is 4.74 Å². The first-order valence-corrected chi connectivity index (χ1v) is 6.56. The van der Waals surface area contributed by atoms with E-state index in [1.54, 1.807) is 24.5 Å². The predicted octanol–water partition coefficient (Wildman–Crippen LogP) is 4.07. The molecular weight excluding hydrogens is 313 g/mol. The highest BCUT2D eigenvalue weighted by molar-refractivity contribution is 6.32. The monoisotopic (exact) mass is 321 g/mol. The van der Waals surface area contributed by atoms with E-state index < -0.39 is 16.4 Å². The van der Waals surface area contributed by atoms with Crippen LogP contribution in [0.5, 0.6) is 11.5 Å². The minimum atomic E-state index is -1.01. The average molecular weight is 322 g/mol. The van der Waals surface area contributed by atoms with E-state index in [2.05, 4.69) is 4.98 Å². The topological polar surface area (TPSA) is 70.2 Å². The van der Waals surface area contributed by atoms with Crippen LogP contribution in [-0.2, 0) is 7.05 Å². The molecule has 0 aliphatic carbocycles. The Morgan fingerprint density at radius 3 is 2.86 bits per heavy atom. The van der Waals surface area contributed by atoms with Gasteiger partial charge in [0.2, 0.25) is 5.82 Å². The van der Waals surface area contributed by atoms with Gasteiger partial charge in [0, 0.05) is 25.2 Å². The number of nitro benzene ring substituents is 1. The molecule has 0 spiro atoms. The van der Waals surface area contributed by atoms with E-state index in [9.17, 15) is 14.5 Å². The van der Waals surface area contributed by atoms with Crippen LogP contribution in [0.25, 0.3) is 11.0 Å². The Bertz CT molecular complexity index is 894. The van der Waals surface area contributed by atoms with Crippen molar-refractivity contribution in [2.24, 2.45) is 7.05 Å². The Balaban J connectivity index is 1.97.